The summed E-state index contributed by atoms with van der Waals surface area (Å²) in [6.45, 7) is 4.07. The number of aromatic nitrogens is 3. The Balaban J connectivity index is 2.04. The molecule has 94 valence electrons. The smallest absolute Gasteiger partial charge is 0.255 e. The van der Waals surface area contributed by atoms with Crippen LogP contribution in [-0.2, 0) is 6.54 Å². The molecule has 0 atom stereocenters. The summed E-state index contributed by atoms with van der Waals surface area (Å²) in [5.74, 6) is 0.476. The number of pyridine rings is 1. The zero-order chi connectivity index (χ0) is 13.2. The van der Waals surface area contributed by atoms with Crippen LogP contribution in [0.4, 0.5) is 0 Å². The Morgan fingerprint density at radius 1 is 1.37 bits per heavy atom. The number of fused-ring (bicyclic) bond motifs is 1. The summed E-state index contributed by atoms with van der Waals surface area (Å²) in [6, 6.07) is 5.04. The van der Waals surface area contributed by atoms with Crippen molar-refractivity contribution in [2.24, 2.45) is 0 Å². The molecule has 1 aliphatic rings. The van der Waals surface area contributed by atoms with E-state index in [4.69, 9.17) is 4.52 Å². The summed E-state index contributed by atoms with van der Waals surface area (Å²) >= 11 is 0. The third-order valence-corrected chi connectivity index (χ3v) is 2.80. The maximum Gasteiger partial charge on any atom is 0.255 e. The minimum Gasteiger partial charge on any atom is -0.338 e. The van der Waals surface area contributed by atoms with Crippen LogP contribution < -0.4 is 5.56 Å². The van der Waals surface area contributed by atoms with Gasteiger partial charge < -0.3 is 9.42 Å². The number of hydrogen-bond acceptors (Lipinski definition) is 5. The molecule has 0 saturated heterocycles. The van der Waals surface area contributed by atoms with Crippen molar-refractivity contribution in [1.82, 2.24) is 19.6 Å². The van der Waals surface area contributed by atoms with Gasteiger partial charge in [-0.25, -0.2) is 0 Å². The molecule has 0 aliphatic carbocycles. The van der Waals surface area contributed by atoms with Crippen LogP contribution in [0.15, 0.2) is 52.4 Å². The maximum absolute atomic E-state index is 11.7. The van der Waals surface area contributed by atoms with E-state index in [1.54, 1.807) is 18.5 Å². The van der Waals surface area contributed by atoms with Gasteiger partial charge in [-0.3, -0.25) is 9.36 Å². The summed E-state index contributed by atoms with van der Waals surface area (Å²) < 4.78 is 6.51. The van der Waals surface area contributed by atoms with E-state index in [1.165, 1.54) is 17.0 Å². The van der Waals surface area contributed by atoms with Crippen molar-refractivity contribution in [3.63, 3.8) is 0 Å². The maximum atomic E-state index is 11.7. The Morgan fingerprint density at radius 3 is 3.00 bits per heavy atom. The van der Waals surface area contributed by atoms with Crippen molar-refractivity contribution in [3.05, 3.63) is 65.0 Å². The molecule has 3 rings (SSSR count). The first kappa shape index (κ1) is 11.3. The summed E-state index contributed by atoms with van der Waals surface area (Å²) in [4.78, 5) is 17.6. The van der Waals surface area contributed by atoms with Crippen molar-refractivity contribution in [2.45, 2.75) is 6.54 Å². The first-order valence-electron chi connectivity index (χ1n) is 5.62. The number of nitrogens with zero attached hydrogens (tertiary/aromatic N) is 4. The van der Waals surface area contributed by atoms with Gasteiger partial charge in [0.25, 0.3) is 5.56 Å². The third kappa shape index (κ3) is 1.90. The fraction of sp³-hybridized carbons (Fsp3) is 0.0769. The van der Waals surface area contributed by atoms with Gasteiger partial charge in [0.2, 0.25) is 5.89 Å². The molecule has 3 heterocycles. The molecule has 6 heteroatoms. The summed E-state index contributed by atoms with van der Waals surface area (Å²) in [5.41, 5.74) is 4.16. The Kier molecular flexibility index (Phi) is 2.63. The fourth-order valence-corrected chi connectivity index (χ4v) is 1.95. The van der Waals surface area contributed by atoms with Gasteiger partial charge in [-0.2, -0.15) is 4.98 Å². The molecule has 0 spiro atoms. The molecule has 0 amide bonds. The van der Waals surface area contributed by atoms with Gasteiger partial charge in [0.1, 0.15) is 12.2 Å². The normalized spacial score (nSPS) is 13.3. The number of hydrogen-bond donors (Lipinski definition) is 0. The van der Waals surface area contributed by atoms with Gasteiger partial charge >= 0.3 is 0 Å². The van der Waals surface area contributed by atoms with Gasteiger partial charge in [-0.1, -0.05) is 17.8 Å². The minimum atomic E-state index is -0.0982. The highest BCUT2D eigenvalue weighted by atomic mass is 16.5. The Hall–Kier alpha value is -2.85. The third-order valence-electron chi connectivity index (χ3n) is 2.80. The van der Waals surface area contributed by atoms with Crippen LogP contribution in [-0.4, -0.2) is 19.6 Å². The van der Waals surface area contributed by atoms with Crippen LogP contribution in [0.25, 0.3) is 11.9 Å². The van der Waals surface area contributed by atoms with Crippen molar-refractivity contribution >= 4 is 11.9 Å². The van der Waals surface area contributed by atoms with Crippen molar-refractivity contribution in [1.29, 1.82) is 0 Å². The molecule has 6 nitrogen and oxygen atoms in total. The van der Waals surface area contributed by atoms with E-state index in [0.717, 1.165) is 5.69 Å². The Bertz CT molecular complexity index is 736. The van der Waals surface area contributed by atoms with E-state index < -0.39 is 0 Å². The Morgan fingerprint density at radius 2 is 2.26 bits per heavy atom. The van der Waals surface area contributed by atoms with Crippen LogP contribution in [0.2, 0.25) is 0 Å². The molecule has 1 aliphatic heterocycles. The van der Waals surface area contributed by atoms with E-state index >= 15 is 0 Å². The molecule has 2 aromatic rings. The second-order valence-electron chi connectivity index (χ2n) is 3.91. The lowest BCUT2D eigenvalue weighted by Gasteiger charge is -2.25. The highest BCUT2D eigenvalue weighted by Gasteiger charge is 2.18. The summed E-state index contributed by atoms with van der Waals surface area (Å²) in [5, 5.41) is 3.56. The van der Waals surface area contributed by atoms with Crippen LogP contribution in [0.5, 0.6) is 0 Å². The predicted octanol–water partition coefficient (Wildman–Crippen LogP) is 1.30. The molecule has 0 saturated carbocycles. The molecule has 0 unspecified atom stereocenters. The van der Waals surface area contributed by atoms with E-state index in [2.05, 4.69) is 22.5 Å². The average molecular weight is 254 g/mol. The van der Waals surface area contributed by atoms with Gasteiger partial charge in [0, 0.05) is 18.5 Å². The lowest BCUT2D eigenvalue weighted by molar-refractivity contribution is 0.338. The molecule has 0 aromatic carbocycles. The molecule has 0 N–H and O–H groups in total. The first-order chi connectivity index (χ1) is 9.29. The van der Waals surface area contributed by atoms with Crippen molar-refractivity contribution in [2.75, 3.05) is 0 Å². The first-order valence-corrected chi connectivity index (χ1v) is 5.62. The summed E-state index contributed by atoms with van der Waals surface area (Å²) in [6.07, 6.45) is 4.79. The quantitative estimate of drug-likeness (QED) is 0.756. The van der Waals surface area contributed by atoms with Crippen molar-refractivity contribution in [3.8, 4) is 0 Å². The Labute approximate surface area is 108 Å². The van der Waals surface area contributed by atoms with E-state index in [9.17, 15) is 4.79 Å². The zero-order valence-electron chi connectivity index (χ0n) is 9.98. The average Bonchev–Trinajstić information content (AvgIpc) is 2.92. The largest absolute Gasteiger partial charge is 0.338 e. The monoisotopic (exact) mass is 254 g/mol. The molecular formula is C13H10N4O2. The van der Waals surface area contributed by atoms with Gasteiger partial charge in [0.15, 0.2) is 6.33 Å². The molecule has 0 fully saturated rings. The molecule has 0 radical (unpaired) electrons. The van der Waals surface area contributed by atoms with E-state index in [0.29, 0.717) is 18.1 Å². The zero-order valence-corrected chi connectivity index (χ0v) is 9.98. The molecule has 2 aromatic heterocycles. The summed E-state index contributed by atoms with van der Waals surface area (Å²) in [7, 11) is 0. The van der Waals surface area contributed by atoms with Crippen LogP contribution >= 0.6 is 0 Å². The lowest BCUT2D eigenvalue weighted by Crippen LogP contribution is -2.27. The SMILES string of the molecule is C=C=C1c2cccc(=O)n2C=CN1Cc1ncno1. The molecular weight excluding hydrogens is 244 g/mol. The van der Waals surface area contributed by atoms with Crippen LogP contribution in [0.3, 0.4) is 0 Å². The van der Waals surface area contributed by atoms with Crippen molar-refractivity contribution < 1.29 is 4.52 Å². The second-order valence-corrected chi connectivity index (χ2v) is 3.91. The number of rotatable bonds is 2. The van der Waals surface area contributed by atoms with Gasteiger partial charge in [-0.05, 0) is 6.07 Å². The lowest BCUT2D eigenvalue weighted by atomic mass is 10.2. The molecule has 19 heavy (non-hydrogen) atoms. The minimum absolute atomic E-state index is 0.0982. The highest BCUT2D eigenvalue weighted by molar-refractivity contribution is 5.66. The van der Waals surface area contributed by atoms with E-state index in [1.807, 2.05) is 11.0 Å². The van der Waals surface area contributed by atoms with Gasteiger partial charge in [-0.15, -0.1) is 5.73 Å². The predicted molar refractivity (Wildman–Crippen MR) is 68.4 cm³/mol. The highest BCUT2D eigenvalue weighted by Crippen LogP contribution is 2.23. The standard InChI is InChI=1S/C13H10N4O2/c1-2-10-11-4-3-5-13(18)17(11)7-6-16(10)8-12-14-9-15-19-12/h3-7,9H,1,8H2. The van der Waals surface area contributed by atoms with Crippen LogP contribution in [0, 0.1) is 0 Å². The van der Waals surface area contributed by atoms with Crippen LogP contribution in [0.1, 0.15) is 11.6 Å². The fourth-order valence-electron chi connectivity index (χ4n) is 1.95. The van der Waals surface area contributed by atoms with Gasteiger partial charge in [0.05, 0.1) is 5.69 Å². The molecule has 0 bridgehead atoms. The second kappa shape index (κ2) is 4.44. The topological polar surface area (TPSA) is 64.2 Å². The van der Waals surface area contributed by atoms with E-state index in [-0.39, 0.29) is 5.56 Å².